The fourth-order valence-corrected chi connectivity index (χ4v) is 8.55. The minimum absolute atomic E-state index is 0.208. The van der Waals surface area contributed by atoms with E-state index in [-0.39, 0.29) is 32.0 Å². The van der Waals surface area contributed by atoms with Crippen molar-refractivity contribution in [2.24, 2.45) is 0 Å². The van der Waals surface area contributed by atoms with E-state index in [1.165, 1.54) is 199 Å². The standard InChI is InChI=1S/C52H100O10/c1-3-5-7-9-11-13-15-17-19-21-22-23-24-25-27-29-31-33-35-37-39-41-48(55)61-45(44-60-52-51(58)50(57)49(56)46(42-53)62-52)43-59-47(54)40-38-36-34-32-30-28-26-20-18-16-14-12-10-8-6-4-2/h45-46,49-53,56-58H,3-44H2,1-2H3. The average Bonchev–Trinajstić information content (AvgIpc) is 3.27. The van der Waals surface area contributed by atoms with E-state index in [4.69, 9.17) is 18.9 Å². The minimum Gasteiger partial charge on any atom is -0.462 e. The lowest BCUT2D eigenvalue weighted by molar-refractivity contribution is -0.305. The van der Waals surface area contributed by atoms with Crippen LogP contribution in [0.3, 0.4) is 0 Å². The lowest BCUT2D eigenvalue weighted by Crippen LogP contribution is -2.59. The van der Waals surface area contributed by atoms with Crippen LogP contribution in [0.4, 0.5) is 0 Å². The topological polar surface area (TPSA) is 152 Å². The van der Waals surface area contributed by atoms with Crippen molar-refractivity contribution in [2.75, 3.05) is 19.8 Å². The van der Waals surface area contributed by atoms with Gasteiger partial charge in [-0.25, -0.2) is 0 Å². The fraction of sp³-hybridized carbons (Fsp3) is 0.962. The molecule has 10 heteroatoms. The SMILES string of the molecule is CCCCCCCCCCCCCCCCCCCCCCCC(=O)OC(COC(=O)CCCCCCCCCCCCCCCCCC)COC1OC(CO)C(O)C(O)C1O. The highest BCUT2D eigenvalue weighted by molar-refractivity contribution is 5.70. The van der Waals surface area contributed by atoms with Gasteiger partial charge in [-0.1, -0.05) is 239 Å². The van der Waals surface area contributed by atoms with Gasteiger partial charge in [0.05, 0.1) is 13.2 Å². The molecular formula is C52H100O10. The molecule has 1 aliphatic heterocycles. The third-order valence-electron chi connectivity index (χ3n) is 12.7. The number of aliphatic hydroxyl groups excluding tert-OH is 4. The molecule has 4 N–H and O–H groups in total. The van der Waals surface area contributed by atoms with Gasteiger partial charge in [-0.05, 0) is 12.8 Å². The van der Waals surface area contributed by atoms with Gasteiger partial charge in [0.25, 0.3) is 0 Å². The highest BCUT2D eigenvalue weighted by atomic mass is 16.7. The summed E-state index contributed by atoms with van der Waals surface area (Å²) < 4.78 is 22.3. The summed E-state index contributed by atoms with van der Waals surface area (Å²) in [5.41, 5.74) is 0. The average molecular weight is 885 g/mol. The Morgan fingerprint density at radius 2 is 0.758 bits per heavy atom. The van der Waals surface area contributed by atoms with Gasteiger partial charge < -0.3 is 39.4 Å². The molecule has 1 aliphatic rings. The largest absolute Gasteiger partial charge is 0.462 e. The quantitative estimate of drug-likeness (QED) is 0.0343. The first kappa shape index (κ1) is 58.7. The van der Waals surface area contributed by atoms with Crippen LogP contribution in [-0.2, 0) is 28.5 Å². The number of hydrogen-bond donors (Lipinski definition) is 4. The Morgan fingerprint density at radius 3 is 1.10 bits per heavy atom. The Hall–Kier alpha value is -1.30. The van der Waals surface area contributed by atoms with Crippen LogP contribution >= 0.6 is 0 Å². The smallest absolute Gasteiger partial charge is 0.306 e. The molecule has 1 saturated heterocycles. The molecule has 368 valence electrons. The monoisotopic (exact) mass is 885 g/mol. The van der Waals surface area contributed by atoms with Crippen LogP contribution in [0, 0.1) is 0 Å². The predicted molar refractivity (Wildman–Crippen MR) is 252 cm³/mol. The van der Waals surface area contributed by atoms with Crippen molar-refractivity contribution in [1.29, 1.82) is 0 Å². The Bertz CT molecular complexity index is 979. The first-order valence-electron chi connectivity index (χ1n) is 26.6. The zero-order valence-electron chi connectivity index (χ0n) is 40.4. The molecule has 1 heterocycles. The van der Waals surface area contributed by atoms with Gasteiger partial charge in [0.1, 0.15) is 31.0 Å². The van der Waals surface area contributed by atoms with E-state index in [0.717, 1.165) is 32.1 Å². The van der Waals surface area contributed by atoms with Crippen molar-refractivity contribution < 1.29 is 49.0 Å². The molecule has 0 saturated carbocycles. The Kier molecular flexibility index (Phi) is 41.3. The van der Waals surface area contributed by atoms with Crippen LogP contribution in [0.25, 0.3) is 0 Å². The van der Waals surface area contributed by atoms with E-state index >= 15 is 0 Å². The molecule has 0 radical (unpaired) electrons. The molecular weight excluding hydrogens is 785 g/mol. The van der Waals surface area contributed by atoms with Gasteiger partial charge in [-0.15, -0.1) is 0 Å². The molecule has 0 amide bonds. The third kappa shape index (κ3) is 34.1. The highest BCUT2D eigenvalue weighted by Crippen LogP contribution is 2.23. The number of unbranched alkanes of at least 4 members (excludes halogenated alkanes) is 35. The summed E-state index contributed by atoms with van der Waals surface area (Å²) >= 11 is 0. The van der Waals surface area contributed by atoms with Crippen molar-refractivity contribution in [3.05, 3.63) is 0 Å². The zero-order valence-corrected chi connectivity index (χ0v) is 40.4. The first-order valence-corrected chi connectivity index (χ1v) is 26.6. The molecule has 0 aliphatic carbocycles. The van der Waals surface area contributed by atoms with Crippen molar-refractivity contribution in [2.45, 2.75) is 301 Å². The van der Waals surface area contributed by atoms with Crippen LogP contribution in [-0.4, -0.2) is 89.0 Å². The second kappa shape index (κ2) is 43.6. The summed E-state index contributed by atoms with van der Waals surface area (Å²) in [7, 11) is 0. The molecule has 1 rings (SSSR count). The zero-order chi connectivity index (χ0) is 45.1. The van der Waals surface area contributed by atoms with Crippen molar-refractivity contribution >= 4 is 11.9 Å². The maximum absolute atomic E-state index is 12.8. The van der Waals surface area contributed by atoms with Crippen LogP contribution in [0.15, 0.2) is 0 Å². The lowest BCUT2D eigenvalue weighted by Gasteiger charge is -2.39. The fourth-order valence-electron chi connectivity index (χ4n) is 8.55. The number of aliphatic hydroxyl groups is 4. The molecule has 1 fully saturated rings. The summed E-state index contributed by atoms with van der Waals surface area (Å²) in [6.07, 6.45) is 39.7. The second-order valence-electron chi connectivity index (χ2n) is 18.7. The van der Waals surface area contributed by atoms with Gasteiger partial charge >= 0.3 is 11.9 Å². The predicted octanol–water partition coefficient (Wildman–Crippen LogP) is 12.5. The molecule has 6 atom stereocenters. The maximum atomic E-state index is 12.8. The minimum atomic E-state index is -1.59. The molecule has 62 heavy (non-hydrogen) atoms. The Morgan fingerprint density at radius 1 is 0.435 bits per heavy atom. The van der Waals surface area contributed by atoms with Crippen LogP contribution in [0.1, 0.15) is 264 Å². The number of ether oxygens (including phenoxy) is 4. The summed E-state index contributed by atoms with van der Waals surface area (Å²) in [5.74, 6) is -0.785. The van der Waals surface area contributed by atoms with Crippen molar-refractivity contribution in [3.8, 4) is 0 Å². The van der Waals surface area contributed by atoms with Crippen molar-refractivity contribution in [3.63, 3.8) is 0 Å². The Labute approximate surface area is 380 Å². The number of carbonyl (C=O) groups excluding carboxylic acids is 2. The number of carbonyl (C=O) groups is 2. The number of rotatable bonds is 46. The second-order valence-corrected chi connectivity index (χ2v) is 18.7. The van der Waals surface area contributed by atoms with E-state index in [0.29, 0.717) is 6.42 Å². The molecule has 0 spiro atoms. The summed E-state index contributed by atoms with van der Waals surface area (Å²) in [6, 6.07) is 0. The molecule has 0 aromatic heterocycles. The van der Waals surface area contributed by atoms with Crippen LogP contribution in [0.2, 0.25) is 0 Å². The summed E-state index contributed by atoms with van der Waals surface area (Å²) in [6.45, 7) is 3.49. The first-order chi connectivity index (χ1) is 30.3. The van der Waals surface area contributed by atoms with Gasteiger partial charge in [-0.3, -0.25) is 9.59 Å². The molecule has 6 unspecified atom stereocenters. The van der Waals surface area contributed by atoms with E-state index < -0.39 is 49.4 Å². The lowest BCUT2D eigenvalue weighted by atomic mass is 9.99. The van der Waals surface area contributed by atoms with E-state index in [2.05, 4.69) is 13.8 Å². The summed E-state index contributed by atoms with van der Waals surface area (Å²) in [5, 5.41) is 40.2. The van der Waals surface area contributed by atoms with Crippen LogP contribution in [0.5, 0.6) is 0 Å². The molecule has 10 nitrogen and oxygen atoms in total. The third-order valence-corrected chi connectivity index (χ3v) is 12.7. The van der Waals surface area contributed by atoms with Gasteiger partial charge in [0, 0.05) is 12.8 Å². The number of hydrogen-bond acceptors (Lipinski definition) is 10. The van der Waals surface area contributed by atoms with E-state index in [1.807, 2.05) is 0 Å². The molecule has 0 bridgehead atoms. The number of esters is 2. The van der Waals surface area contributed by atoms with Gasteiger partial charge in [0.15, 0.2) is 12.4 Å². The highest BCUT2D eigenvalue weighted by Gasteiger charge is 2.44. The molecule has 0 aromatic carbocycles. The van der Waals surface area contributed by atoms with Gasteiger partial charge in [0.2, 0.25) is 0 Å². The van der Waals surface area contributed by atoms with E-state index in [1.54, 1.807) is 0 Å². The summed E-state index contributed by atoms with van der Waals surface area (Å²) in [4.78, 5) is 25.5. The maximum Gasteiger partial charge on any atom is 0.306 e. The van der Waals surface area contributed by atoms with E-state index in [9.17, 15) is 30.0 Å². The van der Waals surface area contributed by atoms with Crippen molar-refractivity contribution in [1.82, 2.24) is 0 Å². The molecule has 0 aromatic rings. The Balaban J connectivity index is 2.22. The normalized spacial score (nSPS) is 19.5. The van der Waals surface area contributed by atoms with Crippen LogP contribution < -0.4 is 0 Å². The van der Waals surface area contributed by atoms with Gasteiger partial charge in [-0.2, -0.15) is 0 Å².